The summed E-state index contributed by atoms with van der Waals surface area (Å²) in [7, 11) is 1.38. The third kappa shape index (κ3) is 4.03. The smallest absolute Gasteiger partial charge is 0.295 e. The van der Waals surface area contributed by atoms with Crippen LogP contribution in [0.25, 0.3) is 5.76 Å². The lowest BCUT2D eigenvalue weighted by Crippen LogP contribution is -2.37. The molecule has 162 valence electrons. The van der Waals surface area contributed by atoms with E-state index in [1.54, 1.807) is 24.4 Å². The van der Waals surface area contributed by atoms with Crippen molar-refractivity contribution in [2.45, 2.75) is 18.9 Å². The number of rotatable bonds is 6. The fourth-order valence-electron chi connectivity index (χ4n) is 4.22. The van der Waals surface area contributed by atoms with Gasteiger partial charge < -0.3 is 19.6 Å². The van der Waals surface area contributed by atoms with Crippen molar-refractivity contribution < 1.29 is 23.8 Å². The number of ether oxygens (including phenoxy) is 1. The Kier molecular flexibility index (Phi) is 5.99. The molecule has 2 aliphatic rings. The number of methoxy groups -OCH3 is 1. The standard InChI is InChI=1S/C23H24FN3O4/c1-31-18-8-7-15(24)14-16(18)21(28)19-20(17-6-2-3-9-25-17)27(23(30)22(19)29)13-12-26-10-4-5-11-26/h2-3,6-9,14,20,28H,4-5,10-13H2,1H3/b21-19+. The van der Waals surface area contributed by atoms with E-state index in [0.717, 1.165) is 32.0 Å². The number of Topliss-reactive ketones (excluding diaryl/α,β-unsaturated/α-hetero) is 1. The summed E-state index contributed by atoms with van der Waals surface area (Å²) in [6.45, 7) is 2.86. The molecule has 0 aliphatic carbocycles. The predicted octanol–water partition coefficient (Wildman–Crippen LogP) is 2.75. The summed E-state index contributed by atoms with van der Waals surface area (Å²) in [6.07, 6.45) is 3.79. The topological polar surface area (TPSA) is 83.0 Å². The minimum Gasteiger partial charge on any atom is -0.507 e. The summed E-state index contributed by atoms with van der Waals surface area (Å²) >= 11 is 0. The highest BCUT2D eigenvalue weighted by Gasteiger charge is 2.47. The molecule has 2 fully saturated rings. The molecule has 0 radical (unpaired) electrons. The highest BCUT2D eigenvalue weighted by Crippen LogP contribution is 2.40. The Morgan fingerprint density at radius 1 is 1.19 bits per heavy atom. The van der Waals surface area contributed by atoms with Crippen LogP contribution in [0, 0.1) is 5.82 Å². The highest BCUT2D eigenvalue weighted by molar-refractivity contribution is 6.46. The molecule has 2 saturated heterocycles. The number of likely N-dealkylation sites (tertiary alicyclic amines) is 2. The van der Waals surface area contributed by atoms with Gasteiger partial charge in [0.05, 0.1) is 23.9 Å². The van der Waals surface area contributed by atoms with Gasteiger partial charge in [0.25, 0.3) is 11.7 Å². The molecule has 1 N–H and O–H groups in total. The third-order valence-corrected chi connectivity index (χ3v) is 5.78. The highest BCUT2D eigenvalue weighted by atomic mass is 19.1. The second kappa shape index (κ2) is 8.85. The van der Waals surface area contributed by atoms with Crippen LogP contribution in [-0.4, -0.2) is 64.9 Å². The number of halogens is 1. The number of aliphatic hydroxyl groups is 1. The van der Waals surface area contributed by atoms with Crippen LogP contribution in [0.4, 0.5) is 4.39 Å². The van der Waals surface area contributed by atoms with Gasteiger partial charge >= 0.3 is 0 Å². The number of aromatic nitrogens is 1. The van der Waals surface area contributed by atoms with E-state index in [2.05, 4.69) is 9.88 Å². The molecule has 2 aromatic rings. The van der Waals surface area contributed by atoms with E-state index < -0.39 is 29.3 Å². The molecular weight excluding hydrogens is 401 g/mol. The number of carbonyl (C=O) groups is 2. The van der Waals surface area contributed by atoms with Gasteiger partial charge in [0.15, 0.2) is 0 Å². The molecule has 31 heavy (non-hydrogen) atoms. The summed E-state index contributed by atoms with van der Waals surface area (Å²) < 4.78 is 19.2. The Labute approximate surface area is 179 Å². The lowest BCUT2D eigenvalue weighted by molar-refractivity contribution is -0.140. The number of carbonyl (C=O) groups excluding carboxylic acids is 2. The summed E-state index contributed by atoms with van der Waals surface area (Å²) in [5.74, 6) is -2.40. The number of amides is 1. The summed E-state index contributed by atoms with van der Waals surface area (Å²) in [4.78, 5) is 34.0. The van der Waals surface area contributed by atoms with Gasteiger partial charge in [0.2, 0.25) is 0 Å². The van der Waals surface area contributed by atoms with Crippen molar-refractivity contribution >= 4 is 17.4 Å². The van der Waals surface area contributed by atoms with Crippen molar-refractivity contribution in [1.82, 2.24) is 14.8 Å². The van der Waals surface area contributed by atoms with Crippen LogP contribution in [0.5, 0.6) is 5.75 Å². The van der Waals surface area contributed by atoms with Crippen LogP contribution in [0.1, 0.15) is 30.1 Å². The quantitative estimate of drug-likeness (QED) is 0.435. The van der Waals surface area contributed by atoms with Gasteiger partial charge in [-0.05, 0) is 56.3 Å². The SMILES string of the molecule is COc1ccc(F)cc1/C(O)=C1\C(=O)C(=O)N(CCN2CCCC2)C1c1ccccn1. The number of nitrogens with zero attached hydrogens (tertiary/aromatic N) is 3. The molecular formula is C23H24FN3O4. The lowest BCUT2D eigenvalue weighted by atomic mass is 9.98. The van der Waals surface area contributed by atoms with Gasteiger partial charge in [-0.2, -0.15) is 0 Å². The molecule has 0 bridgehead atoms. The van der Waals surface area contributed by atoms with E-state index in [0.29, 0.717) is 18.8 Å². The minimum absolute atomic E-state index is 0.0148. The molecule has 0 saturated carbocycles. The zero-order chi connectivity index (χ0) is 22.0. The third-order valence-electron chi connectivity index (χ3n) is 5.78. The summed E-state index contributed by atoms with van der Waals surface area (Å²) in [5, 5.41) is 11.1. The second-order valence-electron chi connectivity index (χ2n) is 7.64. The Hall–Kier alpha value is -3.26. The molecule has 1 aromatic heterocycles. The summed E-state index contributed by atoms with van der Waals surface area (Å²) in [6, 6.07) is 7.97. The van der Waals surface area contributed by atoms with Gasteiger partial charge in [-0.25, -0.2) is 4.39 Å². The minimum atomic E-state index is -0.864. The number of aliphatic hydroxyl groups excluding tert-OH is 1. The molecule has 3 heterocycles. The number of ketones is 1. The van der Waals surface area contributed by atoms with Crippen molar-refractivity contribution in [2.75, 3.05) is 33.3 Å². The largest absolute Gasteiger partial charge is 0.507 e. The lowest BCUT2D eigenvalue weighted by Gasteiger charge is -2.26. The van der Waals surface area contributed by atoms with Crippen molar-refractivity contribution in [3.63, 3.8) is 0 Å². The van der Waals surface area contributed by atoms with Crippen molar-refractivity contribution in [1.29, 1.82) is 0 Å². The monoisotopic (exact) mass is 425 g/mol. The van der Waals surface area contributed by atoms with Crippen molar-refractivity contribution in [3.8, 4) is 5.75 Å². The molecule has 1 amide bonds. The van der Waals surface area contributed by atoms with Gasteiger partial charge in [0, 0.05) is 19.3 Å². The Morgan fingerprint density at radius 3 is 2.65 bits per heavy atom. The number of benzene rings is 1. The average molecular weight is 425 g/mol. The first-order chi connectivity index (χ1) is 15.0. The molecule has 4 rings (SSSR count). The fraction of sp³-hybridized carbons (Fsp3) is 0.348. The molecule has 7 nitrogen and oxygen atoms in total. The zero-order valence-electron chi connectivity index (χ0n) is 17.3. The van der Waals surface area contributed by atoms with Gasteiger partial charge in [-0.15, -0.1) is 0 Å². The summed E-state index contributed by atoms with van der Waals surface area (Å²) in [5.41, 5.74) is 0.357. The Morgan fingerprint density at radius 2 is 1.97 bits per heavy atom. The second-order valence-corrected chi connectivity index (χ2v) is 7.64. The first-order valence-electron chi connectivity index (χ1n) is 10.3. The molecule has 1 aromatic carbocycles. The van der Waals surface area contributed by atoms with Crippen LogP contribution in [0.15, 0.2) is 48.2 Å². The molecule has 1 atom stereocenters. The Bertz CT molecular complexity index is 1020. The van der Waals surface area contributed by atoms with Gasteiger partial charge in [-0.1, -0.05) is 6.07 Å². The fourth-order valence-corrected chi connectivity index (χ4v) is 4.22. The first kappa shape index (κ1) is 21.0. The van der Waals surface area contributed by atoms with Gasteiger partial charge in [0.1, 0.15) is 23.4 Å². The number of hydrogen-bond donors (Lipinski definition) is 1. The molecule has 8 heteroatoms. The van der Waals surface area contributed by atoms with Crippen LogP contribution in [-0.2, 0) is 9.59 Å². The van der Waals surface area contributed by atoms with Crippen LogP contribution in [0.2, 0.25) is 0 Å². The van der Waals surface area contributed by atoms with Crippen molar-refractivity contribution in [3.05, 3.63) is 65.2 Å². The van der Waals surface area contributed by atoms with E-state index in [-0.39, 0.29) is 16.9 Å². The number of pyridine rings is 1. The normalized spacial score (nSPS) is 21.1. The van der Waals surface area contributed by atoms with E-state index in [9.17, 15) is 19.1 Å². The molecule has 1 unspecified atom stereocenters. The maximum atomic E-state index is 13.9. The average Bonchev–Trinajstić information content (AvgIpc) is 3.39. The van der Waals surface area contributed by atoms with Crippen LogP contribution < -0.4 is 4.74 Å². The Balaban J connectivity index is 1.79. The van der Waals surface area contributed by atoms with E-state index in [4.69, 9.17) is 4.74 Å². The first-order valence-corrected chi connectivity index (χ1v) is 10.3. The maximum Gasteiger partial charge on any atom is 0.295 e. The van der Waals surface area contributed by atoms with Gasteiger partial charge in [-0.3, -0.25) is 14.6 Å². The van der Waals surface area contributed by atoms with E-state index in [1.165, 1.54) is 24.1 Å². The van der Waals surface area contributed by atoms with E-state index >= 15 is 0 Å². The zero-order valence-corrected chi connectivity index (χ0v) is 17.3. The van der Waals surface area contributed by atoms with Crippen LogP contribution >= 0.6 is 0 Å². The van der Waals surface area contributed by atoms with E-state index in [1.807, 2.05) is 0 Å². The predicted molar refractivity (Wildman–Crippen MR) is 112 cm³/mol. The maximum absolute atomic E-state index is 13.9. The van der Waals surface area contributed by atoms with Crippen molar-refractivity contribution in [2.24, 2.45) is 0 Å². The van der Waals surface area contributed by atoms with Crippen LogP contribution in [0.3, 0.4) is 0 Å². The molecule has 0 spiro atoms. The number of hydrogen-bond acceptors (Lipinski definition) is 6. The molecule has 2 aliphatic heterocycles.